The zero-order valence-electron chi connectivity index (χ0n) is 13.3. The predicted octanol–water partition coefficient (Wildman–Crippen LogP) is 2.94. The fourth-order valence-electron chi connectivity index (χ4n) is 2.41. The Hall–Kier alpha value is -2.59. The highest BCUT2D eigenvalue weighted by atomic mass is 32.2. The third-order valence-corrected chi connectivity index (χ3v) is 6.22. The number of aromatic nitrogens is 2. The summed E-state index contributed by atoms with van der Waals surface area (Å²) >= 11 is 1.29. The molecule has 1 aromatic carbocycles. The van der Waals surface area contributed by atoms with Crippen molar-refractivity contribution < 1.29 is 22.4 Å². The van der Waals surface area contributed by atoms with Gasteiger partial charge < -0.3 is 14.0 Å². The number of aryl methyl sites for hydroxylation is 2. The van der Waals surface area contributed by atoms with Crippen LogP contribution in [0, 0.1) is 13.8 Å². The summed E-state index contributed by atoms with van der Waals surface area (Å²) in [5.41, 5.74) is 0.395. The van der Waals surface area contributed by atoms with Crippen molar-refractivity contribution in [1.29, 1.82) is 0 Å². The molecule has 25 heavy (non-hydrogen) atoms. The molecule has 2 aromatic heterocycles. The van der Waals surface area contributed by atoms with E-state index in [0.717, 1.165) is 0 Å². The molecule has 0 unspecified atom stereocenters. The molecule has 1 N–H and O–H groups in total. The van der Waals surface area contributed by atoms with E-state index in [1.54, 1.807) is 38.1 Å². The SMILES string of the molecule is Cc1nc(-c2cc(S(=O)(=O)Nc3ccc4c(c3)OCO4)c(C)s2)no1. The number of anilines is 1. The highest BCUT2D eigenvalue weighted by Gasteiger charge is 2.23. The number of thiophene rings is 1. The van der Waals surface area contributed by atoms with Gasteiger partial charge in [0.15, 0.2) is 11.5 Å². The molecule has 3 heterocycles. The number of ether oxygens (including phenoxy) is 2. The molecule has 0 fully saturated rings. The van der Waals surface area contributed by atoms with E-state index in [2.05, 4.69) is 14.9 Å². The summed E-state index contributed by atoms with van der Waals surface area (Å²) in [5.74, 6) is 1.88. The molecule has 0 radical (unpaired) electrons. The van der Waals surface area contributed by atoms with Crippen LogP contribution in [0.4, 0.5) is 5.69 Å². The molecule has 0 aliphatic carbocycles. The molecule has 0 saturated heterocycles. The Balaban J connectivity index is 1.65. The monoisotopic (exact) mass is 379 g/mol. The van der Waals surface area contributed by atoms with Gasteiger partial charge in [0.05, 0.1) is 10.6 Å². The van der Waals surface area contributed by atoms with Crippen LogP contribution < -0.4 is 14.2 Å². The molecular weight excluding hydrogens is 366 g/mol. The van der Waals surface area contributed by atoms with E-state index in [9.17, 15) is 8.42 Å². The fourth-order valence-corrected chi connectivity index (χ4v) is 4.98. The maximum Gasteiger partial charge on any atom is 0.263 e. The zero-order chi connectivity index (χ0) is 17.6. The van der Waals surface area contributed by atoms with Crippen LogP contribution in [-0.2, 0) is 10.0 Å². The molecular formula is C15H13N3O5S2. The van der Waals surface area contributed by atoms with E-state index < -0.39 is 10.0 Å². The second-order valence-corrected chi connectivity index (χ2v) is 8.25. The van der Waals surface area contributed by atoms with Crippen LogP contribution >= 0.6 is 11.3 Å². The van der Waals surface area contributed by atoms with E-state index >= 15 is 0 Å². The van der Waals surface area contributed by atoms with Gasteiger partial charge in [0.2, 0.25) is 18.5 Å². The highest BCUT2D eigenvalue weighted by molar-refractivity contribution is 7.93. The number of hydrogen-bond acceptors (Lipinski definition) is 8. The first-order valence-corrected chi connectivity index (χ1v) is 9.56. The van der Waals surface area contributed by atoms with Gasteiger partial charge in [0.1, 0.15) is 4.90 Å². The number of benzene rings is 1. The molecule has 130 valence electrons. The lowest BCUT2D eigenvalue weighted by Gasteiger charge is -2.08. The first-order valence-electron chi connectivity index (χ1n) is 7.26. The largest absolute Gasteiger partial charge is 0.454 e. The summed E-state index contributed by atoms with van der Waals surface area (Å²) in [6.07, 6.45) is 0. The first-order chi connectivity index (χ1) is 11.9. The number of nitrogens with one attached hydrogen (secondary N) is 1. The van der Waals surface area contributed by atoms with E-state index in [0.29, 0.717) is 38.7 Å². The van der Waals surface area contributed by atoms with Crippen molar-refractivity contribution in [2.75, 3.05) is 11.5 Å². The molecule has 1 aliphatic heterocycles. The van der Waals surface area contributed by atoms with Crippen LogP contribution in [-0.4, -0.2) is 25.4 Å². The molecule has 0 spiro atoms. The minimum absolute atomic E-state index is 0.128. The van der Waals surface area contributed by atoms with Crippen molar-refractivity contribution >= 4 is 27.0 Å². The normalized spacial score (nSPS) is 13.2. The van der Waals surface area contributed by atoms with Crippen LogP contribution in [0.15, 0.2) is 33.7 Å². The van der Waals surface area contributed by atoms with Crippen LogP contribution in [0.3, 0.4) is 0 Å². The minimum atomic E-state index is -3.76. The smallest absolute Gasteiger partial charge is 0.263 e. The minimum Gasteiger partial charge on any atom is -0.454 e. The number of nitrogens with zero attached hydrogens (tertiary/aromatic N) is 2. The summed E-state index contributed by atoms with van der Waals surface area (Å²) in [7, 11) is -3.76. The van der Waals surface area contributed by atoms with Gasteiger partial charge in [-0.15, -0.1) is 11.3 Å². The van der Waals surface area contributed by atoms with E-state index in [1.165, 1.54) is 11.3 Å². The topological polar surface area (TPSA) is 104 Å². The summed E-state index contributed by atoms with van der Waals surface area (Å²) in [6.45, 7) is 3.54. The Kier molecular flexibility index (Phi) is 3.65. The summed E-state index contributed by atoms with van der Waals surface area (Å²) in [4.78, 5) is 5.56. The zero-order valence-corrected chi connectivity index (χ0v) is 14.9. The van der Waals surface area contributed by atoms with Gasteiger partial charge >= 0.3 is 0 Å². The van der Waals surface area contributed by atoms with E-state index in [1.807, 2.05) is 0 Å². The van der Waals surface area contributed by atoms with Crippen molar-refractivity contribution in [3.05, 3.63) is 35.0 Å². The van der Waals surface area contributed by atoms with Gasteiger partial charge in [-0.1, -0.05) is 5.16 Å². The molecule has 0 atom stereocenters. The Morgan fingerprint density at radius 1 is 1.16 bits per heavy atom. The standard InChI is InChI=1S/C15H13N3O5S2/c1-8-14(6-13(24-8)15-16-9(2)23-17-15)25(19,20)18-10-3-4-11-12(5-10)22-7-21-11/h3-6,18H,7H2,1-2H3. The number of fused-ring (bicyclic) bond motifs is 1. The third-order valence-electron chi connectivity index (χ3n) is 3.53. The Morgan fingerprint density at radius 3 is 2.72 bits per heavy atom. The van der Waals surface area contributed by atoms with Crippen LogP contribution in [0.25, 0.3) is 10.7 Å². The van der Waals surface area contributed by atoms with Gasteiger partial charge in [-0.25, -0.2) is 8.42 Å². The number of hydrogen-bond donors (Lipinski definition) is 1. The molecule has 8 nitrogen and oxygen atoms in total. The summed E-state index contributed by atoms with van der Waals surface area (Å²) in [6, 6.07) is 6.41. The molecule has 0 bridgehead atoms. The summed E-state index contributed by atoms with van der Waals surface area (Å²) in [5, 5.41) is 3.82. The second kappa shape index (κ2) is 5.74. The third kappa shape index (κ3) is 2.94. The predicted molar refractivity (Wildman–Crippen MR) is 90.5 cm³/mol. The van der Waals surface area contributed by atoms with Gasteiger partial charge in [-0.3, -0.25) is 4.72 Å². The molecule has 3 aromatic rings. The van der Waals surface area contributed by atoms with Gasteiger partial charge in [0, 0.05) is 17.9 Å². The van der Waals surface area contributed by atoms with Crippen LogP contribution in [0.5, 0.6) is 11.5 Å². The molecule has 4 rings (SSSR count). The molecule has 1 aliphatic rings. The molecule has 10 heteroatoms. The average Bonchev–Trinajstić information content (AvgIpc) is 3.25. The van der Waals surface area contributed by atoms with Gasteiger partial charge in [-0.2, -0.15) is 4.98 Å². The Bertz CT molecular complexity index is 1060. The quantitative estimate of drug-likeness (QED) is 0.743. The first kappa shape index (κ1) is 15.9. The van der Waals surface area contributed by atoms with Gasteiger partial charge in [-0.05, 0) is 25.1 Å². The highest BCUT2D eigenvalue weighted by Crippen LogP contribution is 2.36. The van der Waals surface area contributed by atoms with Crippen molar-refractivity contribution in [3.8, 4) is 22.2 Å². The van der Waals surface area contributed by atoms with Crippen molar-refractivity contribution in [1.82, 2.24) is 10.1 Å². The summed E-state index contributed by atoms with van der Waals surface area (Å²) < 4.78 is 43.5. The lowest BCUT2D eigenvalue weighted by molar-refractivity contribution is 0.174. The molecule has 0 saturated carbocycles. The number of rotatable bonds is 4. The Morgan fingerprint density at radius 2 is 1.96 bits per heavy atom. The van der Waals surface area contributed by atoms with Crippen LogP contribution in [0.1, 0.15) is 10.8 Å². The second-order valence-electron chi connectivity index (χ2n) is 5.34. The average molecular weight is 379 g/mol. The fraction of sp³-hybridized carbons (Fsp3) is 0.200. The maximum atomic E-state index is 12.7. The van der Waals surface area contributed by atoms with Crippen LogP contribution in [0.2, 0.25) is 0 Å². The van der Waals surface area contributed by atoms with Crippen molar-refractivity contribution in [2.45, 2.75) is 18.7 Å². The number of sulfonamides is 1. The van der Waals surface area contributed by atoms with E-state index in [-0.39, 0.29) is 11.7 Å². The lowest BCUT2D eigenvalue weighted by Crippen LogP contribution is -2.13. The van der Waals surface area contributed by atoms with Gasteiger partial charge in [0.25, 0.3) is 10.0 Å². The molecule has 0 amide bonds. The Labute approximate surface area is 147 Å². The van der Waals surface area contributed by atoms with Crippen molar-refractivity contribution in [3.63, 3.8) is 0 Å². The van der Waals surface area contributed by atoms with Crippen molar-refractivity contribution in [2.24, 2.45) is 0 Å². The lowest BCUT2D eigenvalue weighted by atomic mass is 10.3. The van der Waals surface area contributed by atoms with E-state index in [4.69, 9.17) is 14.0 Å². The maximum absolute atomic E-state index is 12.7.